The number of ether oxygens (including phenoxy) is 2. The first-order valence-corrected chi connectivity index (χ1v) is 6.87. The van der Waals surface area contributed by atoms with Crippen molar-refractivity contribution in [3.05, 3.63) is 23.8 Å². The van der Waals surface area contributed by atoms with Gasteiger partial charge >= 0.3 is 0 Å². The highest BCUT2D eigenvalue weighted by atomic mass is 16.5. The lowest BCUT2D eigenvalue weighted by Crippen LogP contribution is -2.35. The van der Waals surface area contributed by atoms with Crippen molar-refractivity contribution in [3.8, 4) is 5.75 Å². The molecule has 5 heteroatoms. The van der Waals surface area contributed by atoms with Gasteiger partial charge in [-0.25, -0.2) is 0 Å². The third kappa shape index (κ3) is 5.19. The predicted molar refractivity (Wildman–Crippen MR) is 80.1 cm³/mol. The number of carbonyl (C=O) groups is 1. The fourth-order valence-electron chi connectivity index (χ4n) is 1.78. The van der Waals surface area contributed by atoms with Gasteiger partial charge in [-0.2, -0.15) is 0 Å². The number of hydrogen-bond acceptors (Lipinski definition) is 4. The number of methoxy groups -OCH3 is 1. The van der Waals surface area contributed by atoms with E-state index in [0.717, 1.165) is 23.4 Å². The Kier molecular flexibility index (Phi) is 7.04. The molecule has 0 saturated carbocycles. The van der Waals surface area contributed by atoms with Gasteiger partial charge in [0.05, 0.1) is 12.6 Å². The first-order chi connectivity index (χ1) is 9.58. The zero-order valence-electron chi connectivity index (χ0n) is 12.4. The molecule has 0 spiro atoms. The number of anilines is 1. The summed E-state index contributed by atoms with van der Waals surface area (Å²) in [5.74, 6) is 0.610. The van der Waals surface area contributed by atoms with Crippen LogP contribution in [0.25, 0.3) is 0 Å². The Labute approximate surface area is 120 Å². The fraction of sp³-hybridized carbons (Fsp3) is 0.533. The Morgan fingerprint density at radius 2 is 2.15 bits per heavy atom. The largest absolute Gasteiger partial charge is 0.491 e. The maximum Gasteiger partial charge on any atom is 0.241 e. The molecule has 0 aliphatic heterocycles. The van der Waals surface area contributed by atoms with Gasteiger partial charge in [0.25, 0.3) is 0 Å². The monoisotopic (exact) mass is 280 g/mol. The first-order valence-electron chi connectivity index (χ1n) is 6.87. The summed E-state index contributed by atoms with van der Waals surface area (Å²) < 4.78 is 10.4. The van der Waals surface area contributed by atoms with Gasteiger partial charge in [0.2, 0.25) is 5.91 Å². The van der Waals surface area contributed by atoms with E-state index in [1.54, 1.807) is 7.11 Å². The second kappa shape index (κ2) is 8.55. The lowest BCUT2D eigenvalue weighted by Gasteiger charge is -2.14. The maximum atomic E-state index is 11.9. The molecule has 0 aliphatic rings. The highest BCUT2D eigenvalue weighted by molar-refractivity contribution is 5.95. The van der Waals surface area contributed by atoms with Crippen molar-refractivity contribution in [2.24, 2.45) is 5.73 Å². The summed E-state index contributed by atoms with van der Waals surface area (Å²) in [5, 5.41) is 2.85. The van der Waals surface area contributed by atoms with Crippen LogP contribution in [-0.4, -0.2) is 32.3 Å². The molecule has 20 heavy (non-hydrogen) atoms. The minimum atomic E-state index is -0.461. The Bertz CT molecular complexity index is 435. The highest BCUT2D eigenvalue weighted by Crippen LogP contribution is 2.21. The number of carbonyl (C=O) groups excluding carboxylic acids is 1. The Balaban J connectivity index is 2.61. The summed E-state index contributed by atoms with van der Waals surface area (Å²) in [6.45, 7) is 4.97. The predicted octanol–water partition coefficient (Wildman–Crippen LogP) is 2.09. The molecule has 1 amide bonds. The Morgan fingerprint density at radius 3 is 2.75 bits per heavy atom. The van der Waals surface area contributed by atoms with Crippen molar-refractivity contribution in [1.82, 2.24) is 0 Å². The van der Waals surface area contributed by atoms with E-state index in [1.165, 1.54) is 0 Å². The molecule has 0 aliphatic carbocycles. The van der Waals surface area contributed by atoms with Gasteiger partial charge in [0, 0.05) is 12.8 Å². The smallest absolute Gasteiger partial charge is 0.241 e. The van der Waals surface area contributed by atoms with E-state index in [0.29, 0.717) is 19.6 Å². The van der Waals surface area contributed by atoms with E-state index >= 15 is 0 Å². The van der Waals surface area contributed by atoms with Crippen LogP contribution in [0.15, 0.2) is 18.2 Å². The van der Waals surface area contributed by atoms with E-state index in [9.17, 15) is 4.79 Å². The minimum absolute atomic E-state index is 0.150. The molecule has 5 nitrogen and oxygen atoms in total. The number of aryl methyl sites for hydroxylation is 1. The summed E-state index contributed by atoms with van der Waals surface area (Å²) in [6.07, 6.45) is 1.57. The molecule has 112 valence electrons. The third-order valence-electron chi connectivity index (χ3n) is 2.95. The van der Waals surface area contributed by atoms with Crippen LogP contribution in [0.2, 0.25) is 0 Å². The summed E-state index contributed by atoms with van der Waals surface area (Å²) in [4.78, 5) is 11.9. The van der Waals surface area contributed by atoms with E-state index in [-0.39, 0.29) is 5.91 Å². The summed E-state index contributed by atoms with van der Waals surface area (Å²) >= 11 is 0. The summed E-state index contributed by atoms with van der Waals surface area (Å²) in [7, 11) is 1.63. The lowest BCUT2D eigenvalue weighted by atomic mass is 10.1. The Hall–Kier alpha value is -1.59. The van der Waals surface area contributed by atoms with Crippen LogP contribution < -0.4 is 15.8 Å². The topological polar surface area (TPSA) is 73.6 Å². The van der Waals surface area contributed by atoms with Gasteiger partial charge in [-0.15, -0.1) is 0 Å². The van der Waals surface area contributed by atoms with Crippen LogP contribution in [0.5, 0.6) is 5.75 Å². The van der Waals surface area contributed by atoms with Crippen LogP contribution in [-0.2, 0) is 9.53 Å². The molecule has 1 aromatic rings. The molecule has 0 aromatic heterocycles. The minimum Gasteiger partial charge on any atom is -0.491 e. The molecular formula is C15H24N2O3. The van der Waals surface area contributed by atoms with Crippen molar-refractivity contribution in [2.45, 2.75) is 32.7 Å². The van der Waals surface area contributed by atoms with Crippen molar-refractivity contribution >= 4 is 11.6 Å². The van der Waals surface area contributed by atoms with Gasteiger partial charge in [-0.3, -0.25) is 4.79 Å². The molecule has 0 fully saturated rings. The van der Waals surface area contributed by atoms with Gasteiger partial charge in [-0.05, 0) is 37.1 Å². The zero-order chi connectivity index (χ0) is 15.0. The molecule has 0 bridgehead atoms. The van der Waals surface area contributed by atoms with E-state index in [1.807, 2.05) is 32.0 Å². The maximum absolute atomic E-state index is 11.9. The number of rotatable bonds is 8. The number of nitrogens with two attached hydrogens (primary N) is 1. The van der Waals surface area contributed by atoms with Crippen LogP contribution in [0.4, 0.5) is 5.69 Å². The SMILES string of the molecule is CCCC(N)C(=O)Nc1ccc(OCCOC)cc1C. The second-order valence-corrected chi connectivity index (χ2v) is 4.70. The molecule has 1 aromatic carbocycles. The van der Waals surface area contributed by atoms with E-state index in [2.05, 4.69) is 5.32 Å². The van der Waals surface area contributed by atoms with Crippen LogP contribution in [0.3, 0.4) is 0 Å². The molecule has 3 N–H and O–H groups in total. The summed E-state index contributed by atoms with van der Waals surface area (Å²) in [5.41, 5.74) is 7.49. The van der Waals surface area contributed by atoms with Gasteiger partial charge in [0.1, 0.15) is 12.4 Å². The Morgan fingerprint density at radius 1 is 1.40 bits per heavy atom. The second-order valence-electron chi connectivity index (χ2n) is 4.70. The molecule has 0 radical (unpaired) electrons. The highest BCUT2D eigenvalue weighted by Gasteiger charge is 2.13. The van der Waals surface area contributed by atoms with Crippen LogP contribution >= 0.6 is 0 Å². The molecule has 0 heterocycles. The van der Waals surface area contributed by atoms with Crippen molar-refractivity contribution in [1.29, 1.82) is 0 Å². The quantitative estimate of drug-likeness (QED) is 0.715. The van der Waals surface area contributed by atoms with Gasteiger partial charge in [0.15, 0.2) is 0 Å². The zero-order valence-corrected chi connectivity index (χ0v) is 12.4. The number of nitrogens with one attached hydrogen (secondary N) is 1. The fourth-order valence-corrected chi connectivity index (χ4v) is 1.78. The standard InChI is InChI=1S/C15H24N2O3/c1-4-5-13(16)15(18)17-14-7-6-12(10-11(14)2)20-9-8-19-3/h6-7,10,13H,4-5,8-9,16H2,1-3H3,(H,17,18). The number of benzene rings is 1. The average molecular weight is 280 g/mol. The number of hydrogen-bond donors (Lipinski definition) is 2. The normalized spacial score (nSPS) is 12.0. The number of amides is 1. The molecule has 1 rings (SSSR count). The first kappa shape index (κ1) is 16.5. The van der Waals surface area contributed by atoms with Crippen molar-refractivity contribution < 1.29 is 14.3 Å². The van der Waals surface area contributed by atoms with Gasteiger partial charge < -0.3 is 20.5 Å². The van der Waals surface area contributed by atoms with Crippen LogP contribution in [0.1, 0.15) is 25.3 Å². The molecule has 0 saturated heterocycles. The molecular weight excluding hydrogens is 256 g/mol. The van der Waals surface area contributed by atoms with E-state index < -0.39 is 6.04 Å². The summed E-state index contributed by atoms with van der Waals surface area (Å²) in [6, 6.07) is 5.07. The lowest BCUT2D eigenvalue weighted by molar-refractivity contribution is -0.117. The van der Waals surface area contributed by atoms with Crippen molar-refractivity contribution in [3.63, 3.8) is 0 Å². The van der Waals surface area contributed by atoms with Gasteiger partial charge in [-0.1, -0.05) is 13.3 Å². The van der Waals surface area contributed by atoms with Crippen molar-refractivity contribution in [2.75, 3.05) is 25.6 Å². The van der Waals surface area contributed by atoms with E-state index in [4.69, 9.17) is 15.2 Å². The third-order valence-corrected chi connectivity index (χ3v) is 2.95. The average Bonchev–Trinajstić information content (AvgIpc) is 2.42. The van der Waals surface area contributed by atoms with Crippen LogP contribution in [0, 0.1) is 6.92 Å². The molecule has 1 unspecified atom stereocenters. The molecule has 1 atom stereocenters.